The number of nitrogens with zero attached hydrogens (tertiary/aromatic N) is 1. The second-order valence-corrected chi connectivity index (χ2v) is 5.61. The Bertz CT molecular complexity index is 513. The maximum Gasteiger partial charge on any atom is 0.227 e. The highest BCUT2D eigenvalue weighted by molar-refractivity contribution is 5.95. The minimum absolute atomic E-state index is 0.0382. The van der Waals surface area contributed by atoms with Gasteiger partial charge in [-0.05, 0) is 31.0 Å². The van der Waals surface area contributed by atoms with E-state index in [0.29, 0.717) is 13.0 Å². The number of nitrogens with one attached hydrogen (secondary N) is 1. The minimum atomic E-state index is -0.186. The van der Waals surface area contributed by atoms with Crippen LogP contribution in [0.15, 0.2) is 24.3 Å². The largest absolute Gasteiger partial charge is 0.349 e. The molecule has 5 nitrogen and oxygen atoms in total. The monoisotopic (exact) mass is 289 g/mol. The van der Waals surface area contributed by atoms with E-state index < -0.39 is 0 Å². The second-order valence-electron chi connectivity index (χ2n) is 5.61. The zero-order valence-corrected chi connectivity index (χ0v) is 12.6. The molecule has 3 N–H and O–H groups in total. The molecule has 0 saturated carbocycles. The summed E-state index contributed by atoms with van der Waals surface area (Å²) in [6.07, 6.45) is 1.55. The van der Waals surface area contributed by atoms with E-state index in [9.17, 15) is 9.59 Å². The van der Waals surface area contributed by atoms with Crippen molar-refractivity contribution < 1.29 is 9.59 Å². The molecule has 2 atom stereocenters. The molecule has 2 amide bonds. The first-order chi connectivity index (χ1) is 10.0. The van der Waals surface area contributed by atoms with E-state index in [4.69, 9.17) is 5.73 Å². The van der Waals surface area contributed by atoms with Crippen molar-refractivity contribution in [3.8, 4) is 0 Å². The molecule has 2 unspecified atom stereocenters. The van der Waals surface area contributed by atoms with Crippen molar-refractivity contribution >= 4 is 17.5 Å². The zero-order chi connectivity index (χ0) is 15.4. The fraction of sp³-hybridized carbons (Fsp3) is 0.500. The lowest BCUT2D eigenvalue weighted by atomic mass is 10.1. The van der Waals surface area contributed by atoms with Gasteiger partial charge in [0.05, 0.1) is 6.04 Å². The van der Waals surface area contributed by atoms with E-state index >= 15 is 0 Å². The number of anilines is 1. The average Bonchev–Trinajstić information content (AvgIpc) is 2.92. The van der Waals surface area contributed by atoms with Crippen molar-refractivity contribution in [3.05, 3.63) is 29.8 Å². The van der Waals surface area contributed by atoms with Crippen molar-refractivity contribution in [2.24, 2.45) is 11.7 Å². The van der Waals surface area contributed by atoms with Crippen LogP contribution >= 0.6 is 0 Å². The first-order valence-electron chi connectivity index (χ1n) is 7.43. The predicted octanol–water partition coefficient (Wildman–Crippen LogP) is 1.59. The van der Waals surface area contributed by atoms with Crippen molar-refractivity contribution in [2.45, 2.75) is 32.7 Å². The SMILES string of the molecule is CC(CN)C(=O)NC(C)c1ccc(N2CCCC2=O)cc1. The van der Waals surface area contributed by atoms with Gasteiger partial charge in [0.15, 0.2) is 0 Å². The summed E-state index contributed by atoms with van der Waals surface area (Å²) in [5.41, 5.74) is 7.43. The number of benzene rings is 1. The Morgan fingerprint density at radius 3 is 2.52 bits per heavy atom. The molecule has 1 heterocycles. The maximum absolute atomic E-state index is 11.8. The molecule has 1 aromatic carbocycles. The van der Waals surface area contributed by atoms with E-state index in [0.717, 1.165) is 24.2 Å². The number of carbonyl (C=O) groups is 2. The van der Waals surface area contributed by atoms with Crippen LogP contribution < -0.4 is 16.0 Å². The summed E-state index contributed by atoms with van der Waals surface area (Å²) >= 11 is 0. The first kappa shape index (κ1) is 15.5. The molecule has 5 heteroatoms. The van der Waals surface area contributed by atoms with Gasteiger partial charge in [-0.3, -0.25) is 9.59 Å². The standard InChI is InChI=1S/C16H23N3O2/c1-11(10-17)16(21)18-12(2)13-5-7-14(8-6-13)19-9-3-4-15(19)20/h5-8,11-12H,3-4,9-10,17H2,1-2H3,(H,18,21). The van der Waals surface area contributed by atoms with Crippen LogP contribution in [0.4, 0.5) is 5.69 Å². The topological polar surface area (TPSA) is 75.4 Å². The van der Waals surface area contributed by atoms with E-state index in [1.165, 1.54) is 0 Å². The molecule has 1 saturated heterocycles. The van der Waals surface area contributed by atoms with Crippen LogP contribution in [0.1, 0.15) is 38.3 Å². The highest BCUT2D eigenvalue weighted by atomic mass is 16.2. The third-order valence-electron chi connectivity index (χ3n) is 3.94. The average molecular weight is 289 g/mol. The molecular weight excluding hydrogens is 266 g/mol. The smallest absolute Gasteiger partial charge is 0.227 e. The van der Waals surface area contributed by atoms with Crippen LogP contribution in [0.5, 0.6) is 0 Å². The molecule has 1 aromatic rings. The Morgan fingerprint density at radius 2 is 2.00 bits per heavy atom. The van der Waals surface area contributed by atoms with Crippen molar-refractivity contribution in [1.82, 2.24) is 5.32 Å². The highest BCUT2D eigenvalue weighted by Crippen LogP contribution is 2.23. The number of amides is 2. The molecule has 0 bridgehead atoms. The third-order valence-corrected chi connectivity index (χ3v) is 3.94. The van der Waals surface area contributed by atoms with Gasteiger partial charge in [0, 0.05) is 31.1 Å². The van der Waals surface area contributed by atoms with Gasteiger partial charge in [-0.15, -0.1) is 0 Å². The molecule has 0 spiro atoms. The molecule has 0 aliphatic carbocycles. The Kier molecular flexibility index (Phi) is 4.96. The van der Waals surface area contributed by atoms with E-state index in [-0.39, 0.29) is 23.8 Å². The Hall–Kier alpha value is -1.88. The van der Waals surface area contributed by atoms with E-state index in [2.05, 4.69) is 5.32 Å². The summed E-state index contributed by atoms with van der Waals surface area (Å²) in [5, 5.41) is 2.95. The van der Waals surface area contributed by atoms with Gasteiger partial charge < -0.3 is 16.0 Å². The molecule has 1 aliphatic rings. The second kappa shape index (κ2) is 6.72. The normalized spacial score (nSPS) is 17.7. The number of nitrogens with two attached hydrogens (primary N) is 1. The quantitative estimate of drug-likeness (QED) is 0.864. The number of hydrogen-bond donors (Lipinski definition) is 2. The summed E-state index contributed by atoms with van der Waals surface area (Å²) in [4.78, 5) is 25.3. The van der Waals surface area contributed by atoms with Crippen LogP contribution in [-0.2, 0) is 9.59 Å². The van der Waals surface area contributed by atoms with Crippen molar-refractivity contribution in [3.63, 3.8) is 0 Å². The summed E-state index contributed by atoms with van der Waals surface area (Å²) in [6, 6.07) is 7.72. The van der Waals surface area contributed by atoms with E-state index in [1.54, 1.807) is 0 Å². The lowest BCUT2D eigenvalue weighted by Crippen LogP contribution is -2.34. The van der Waals surface area contributed by atoms with Crippen LogP contribution in [0.25, 0.3) is 0 Å². The molecule has 21 heavy (non-hydrogen) atoms. The highest BCUT2D eigenvalue weighted by Gasteiger charge is 2.21. The van der Waals surface area contributed by atoms with E-state index in [1.807, 2.05) is 43.0 Å². The van der Waals surface area contributed by atoms with Gasteiger partial charge >= 0.3 is 0 Å². The van der Waals surface area contributed by atoms with Gasteiger partial charge in [0.1, 0.15) is 0 Å². The van der Waals surface area contributed by atoms with Gasteiger partial charge in [-0.2, -0.15) is 0 Å². The number of hydrogen-bond acceptors (Lipinski definition) is 3. The van der Waals surface area contributed by atoms with Crippen molar-refractivity contribution in [2.75, 3.05) is 18.0 Å². The fourth-order valence-electron chi connectivity index (χ4n) is 2.41. The first-order valence-corrected chi connectivity index (χ1v) is 7.43. The summed E-state index contributed by atoms with van der Waals surface area (Å²) in [5.74, 6) is -0.0430. The molecular formula is C16H23N3O2. The summed E-state index contributed by atoms with van der Waals surface area (Å²) in [6.45, 7) is 4.88. The van der Waals surface area contributed by atoms with Crippen LogP contribution in [0.2, 0.25) is 0 Å². The lowest BCUT2D eigenvalue weighted by Gasteiger charge is -2.19. The molecule has 1 fully saturated rings. The number of rotatable bonds is 5. The van der Waals surface area contributed by atoms with Gasteiger partial charge in [0.25, 0.3) is 0 Å². The Morgan fingerprint density at radius 1 is 1.33 bits per heavy atom. The molecule has 0 aromatic heterocycles. The Labute approximate surface area is 125 Å². The molecule has 1 aliphatic heterocycles. The summed E-state index contributed by atoms with van der Waals surface area (Å²) in [7, 11) is 0. The maximum atomic E-state index is 11.8. The fourth-order valence-corrected chi connectivity index (χ4v) is 2.41. The predicted molar refractivity (Wildman–Crippen MR) is 82.8 cm³/mol. The third kappa shape index (κ3) is 3.61. The molecule has 114 valence electrons. The van der Waals surface area contributed by atoms with Gasteiger partial charge in [-0.1, -0.05) is 19.1 Å². The summed E-state index contributed by atoms with van der Waals surface area (Å²) < 4.78 is 0. The van der Waals surface area contributed by atoms with Gasteiger partial charge in [-0.25, -0.2) is 0 Å². The van der Waals surface area contributed by atoms with Crippen molar-refractivity contribution in [1.29, 1.82) is 0 Å². The van der Waals surface area contributed by atoms with Crippen LogP contribution in [0.3, 0.4) is 0 Å². The van der Waals surface area contributed by atoms with Crippen LogP contribution in [0, 0.1) is 5.92 Å². The minimum Gasteiger partial charge on any atom is -0.349 e. The van der Waals surface area contributed by atoms with Gasteiger partial charge in [0.2, 0.25) is 11.8 Å². The Balaban J connectivity index is 2.01. The van der Waals surface area contributed by atoms with Crippen LogP contribution in [-0.4, -0.2) is 24.9 Å². The lowest BCUT2D eigenvalue weighted by molar-refractivity contribution is -0.124. The number of carbonyl (C=O) groups excluding carboxylic acids is 2. The molecule has 0 radical (unpaired) electrons. The molecule has 2 rings (SSSR count). The zero-order valence-electron chi connectivity index (χ0n) is 12.6.